The van der Waals surface area contributed by atoms with Crippen LogP contribution in [0.5, 0.6) is 0 Å². The summed E-state index contributed by atoms with van der Waals surface area (Å²) in [5, 5.41) is 2.44. The van der Waals surface area contributed by atoms with Crippen LogP contribution in [-0.2, 0) is 14.8 Å². The fraction of sp³-hybridized carbons (Fsp3) is 0.400. The van der Waals surface area contributed by atoms with Gasteiger partial charge in [-0.2, -0.15) is 0 Å². The van der Waals surface area contributed by atoms with Crippen LogP contribution in [0.1, 0.15) is 13.8 Å². The van der Waals surface area contributed by atoms with Crippen molar-refractivity contribution >= 4 is 27.5 Å². The van der Waals surface area contributed by atoms with Crippen molar-refractivity contribution in [3.8, 4) is 0 Å². The Morgan fingerprint density at radius 1 is 1.50 bits per heavy atom. The third-order valence-corrected chi connectivity index (χ3v) is 3.73. The van der Waals surface area contributed by atoms with E-state index in [9.17, 15) is 13.2 Å². The van der Waals surface area contributed by atoms with E-state index in [2.05, 4.69) is 15.0 Å². The van der Waals surface area contributed by atoms with Crippen LogP contribution >= 0.6 is 11.6 Å². The van der Waals surface area contributed by atoms with E-state index in [1.807, 2.05) is 0 Å². The quantitative estimate of drug-likeness (QED) is 0.775. The van der Waals surface area contributed by atoms with Gasteiger partial charge in [0.2, 0.25) is 15.9 Å². The van der Waals surface area contributed by atoms with Gasteiger partial charge in [-0.05, 0) is 26.0 Å². The van der Waals surface area contributed by atoms with E-state index < -0.39 is 15.9 Å². The van der Waals surface area contributed by atoms with Gasteiger partial charge in [0.25, 0.3) is 0 Å². The average molecular weight is 292 g/mol. The lowest BCUT2D eigenvalue weighted by Crippen LogP contribution is -2.39. The Morgan fingerprint density at radius 3 is 2.72 bits per heavy atom. The first-order valence-electron chi connectivity index (χ1n) is 5.22. The highest BCUT2D eigenvalue weighted by molar-refractivity contribution is 7.89. The number of nitrogens with one attached hydrogen (secondary N) is 2. The molecule has 1 aromatic heterocycles. The lowest BCUT2D eigenvalue weighted by Gasteiger charge is -2.10. The number of sulfonamides is 1. The van der Waals surface area contributed by atoms with E-state index in [1.54, 1.807) is 13.8 Å². The molecular weight excluding hydrogens is 278 g/mol. The Kier molecular flexibility index (Phi) is 5.06. The summed E-state index contributed by atoms with van der Waals surface area (Å²) < 4.78 is 25.8. The molecule has 1 amide bonds. The van der Waals surface area contributed by atoms with E-state index in [4.69, 9.17) is 11.6 Å². The molecule has 100 valence electrons. The van der Waals surface area contributed by atoms with Crippen LogP contribution in [0, 0.1) is 0 Å². The number of halogens is 1. The summed E-state index contributed by atoms with van der Waals surface area (Å²) in [6.45, 7) is 3.22. The summed E-state index contributed by atoms with van der Waals surface area (Å²) in [4.78, 5) is 14.8. The smallest absolute Gasteiger partial charge is 0.244 e. The maximum Gasteiger partial charge on any atom is 0.244 e. The molecule has 0 aliphatic rings. The van der Waals surface area contributed by atoms with Gasteiger partial charge in [0.05, 0.1) is 6.54 Å². The van der Waals surface area contributed by atoms with Gasteiger partial charge in [-0.15, -0.1) is 0 Å². The topological polar surface area (TPSA) is 88.2 Å². The van der Waals surface area contributed by atoms with E-state index in [-0.39, 0.29) is 22.6 Å². The Hall–Kier alpha value is -1.18. The molecule has 0 spiro atoms. The minimum Gasteiger partial charge on any atom is -0.353 e. The minimum absolute atomic E-state index is 0.0519. The number of hydrogen-bond acceptors (Lipinski definition) is 4. The van der Waals surface area contributed by atoms with Gasteiger partial charge in [0, 0.05) is 12.2 Å². The number of carbonyl (C=O) groups is 1. The zero-order chi connectivity index (χ0) is 13.8. The van der Waals surface area contributed by atoms with Gasteiger partial charge in [-0.25, -0.2) is 18.1 Å². The van der Waals surface area contributed by atoms with Crippen molar-refractivity contribution in [3.63, 3.8) is 0 Å². The van der Waals surface area contributed by atoms with E-state index in [1.165, 1.54) is 18.3 Å². The molecule has 1 aromatic rings. The summed E-state index contributed by atoms with van der Waals surface area (Å²) in [6, 6.07) is 2.72. The van der Waals surface area contributed by atoms with Gasteiger partial charge in [0.15, 0.2) is 0 Å². The normalized spacial score (nSPS) is 11.6. The highest BCUT2D eigenvalue weighted by Gasteiger charge is 2.19. The molecule has 0 aliphatic carbocycles. The van der Waals surface area contributed by atoms with Crippen molar-refractivity contribution in [1.29, 1.82) is 0 Å². The number of carbonyl (C=O) groups excluding carboxylic acids is 1. The fourth-order valence-corrected chi connectivity index (χ4v) is 2.62. The lowest BCUT2D eigenvalue weighted by molar-refractivity contribution is -0.120. The standard InChI is InChI=1S/C10H14ClN3O3S/c1-7(2)14-9(15)6-13-18(16,17)8-4-3-5-12-10(8)11/h3-5,7,13H,6H2,1-2H3,(H,14,15). The molecular formula is C10H14ClN3O3S. The van der Waals surface area contributed by atoms with Crippen molar-refractivity contribution in [1.82, 2.24) is 15.0 Å². The molecule has 6 nitrogen and oxygen atoms in total. The van der Waals surface area contributed by atoms with Crippen LogP contribution in [-0.4, -0.2) is 31.9 Å². The monoisotopic (exact) mass is 291 g/mol. The molecule has 1 rings (SSSR count). The molecule has 8 heteroatoms. The number of aromatic nitrogens is 1. The first-order chi connectivity index (χ1) is 8.33. The van der Waals surface area contributed by atoms with Gasteiger partial charge >= 0.3 is 0 Å². The lowest BCUT2D eigenvalue weighted by atomic mass is 10.4. The zero-order valence-electron chi connectivity index (χ0n) is 9.97. The van der Waals surface area contributed by atoms with Gasteiger partial charge in [-0.3, -0.25) is 4.79 Å². The van der Waals surface area contributed by atoms with Crippen molar-refractivity contribution < 1.29 is 13.2 Å². The Labute approximate surface area is 111 Å². The summed E-state index contributed by atoms with van der Waals surface area (Å²) >= 11 is 5.68. The summed E-state index contributed by atoms with van der Waals surface area (Å²) in [7, 11) is -3.83. The summed E-state index contributed by atoms with van der Waals surface area (Å²) in [5.41, 5.74) is 0. The minimum atomic E-state index is -3.83. The molecule has 0 bridgehead atoms. The van der Waals surface area contributed by atoms with E-state index >= 15 is 0 Å². The molecule has 0 aliphatic heterocycles. The van der Waals surface area contributed by atoms with Crippen LogP contribution in [0.25, 0.3) is 0 Å². The number of amides is 1. The van der Waals surface area contributed by atoms with Gasteiger partial charge in [0.1, 0.15) is 10.0 Å². The van der Waals surface area contributed by atoms with Crippen LogP contribution in [0.2, 0.25) is 5.15 Å². The molecule has 0 saturated heterocycles. The summed E-state index contributed by atoms with van der Waals surface area (Å²) in [5.74, 6) is -0.409. The second-order valence-electron chi connectivity index (χ2n) is 3.84. The van der Waals surface area contributed by atoms with Crippen LogP contribution < -0.4 is 10.0 Å². The average Bonchev–Trinajstić information content (AvgIpc) is 2.26. The molecule has 18 heavy (non-hydrogen) atoms. The maximum absolute atomic E-state index is 11.8. The Morgan fingerprint density at radius 2 is 2.17 bits per heavy atom. The Balaban J connectivity index is 2.72. The molecule has 0 fully saturated rings. The molecule has 0 atom stereocenters. The molecule has 0 radical (unpaired) electrons. The van der Waals surface area contributed by atoms with Crippen molar-refractivity contribution in [2.45, 2.75) is 24.8 Å². The van der Waals surface area contributed by atoms with Crippen molar-refractivity contribution in [2.75, 3.05) is 6.54 Å². The molecule has 0 saturated carbocycles. The van der Waals surface area contributed by atoms with Crippen LogP contribution in [0.3, 0.4) is 0 Å². The van der Waals surface area contributed by atoms with E-state index in [0.717, 1.165) is 0 Å². The third-order valence-electron chi connectivity index (χ3n) is 1.89. The molecule has 2 N–H and O–H groups in total. The van der Waals surface area contributed by atoms with Crippen molar-refractivity contribution in [3.05, 3.63) is 23.5 Å². The number of rotatable bonds is 5. The number of hydrogen-bond donors (Lipinski definition) is 2. The largest absolute Gasteiger partial charge is 0.353 e. The number of pyridine rings is 1. The highest BCUT2D eigenvalue weighted by atomic mass is 35.5. The Bertz CT molecular complexity index is 531. The second kappa shape index (κ2) is 6.12. The molecule has 1 heterocycles. The van der Waals surface area contributed by atoms with Crippen LogP contribution in [0.15, 0.2) is 23.2 Å². The fourth-order valence-electron chi connectivity index (χ4n) is 1.18. The first kappa shape index (κ1) is 14.9. The maximum atomic E-state index is 11.8. The SMILES string of the molecule is CC(C)NC(=O)CNS(=O)(=O)c1cccnc1Cl. The van der Waals surface area contributed by atoms with Crippen molar-refractivity contribution in [2.24, 2.45) is 0 Å². The van der Waals surface area contributed by atoms with Gasteiger partial charge in [-0.1, -0.05) is 11.6 Å². The number of nitrogens with zero attached hydrogens (tertiary/aromatic N) is 1. The predicted molar refractivity (Wildman–Crippen MR) is 67.7 cm³/mol. The highest BCUT2D eigenvalue weighted by Crippen LogP contribution is 2.16. The predicted octanol–water partition coefficient (Wildman–Crippen LogP) is 0.538. The zero-order valence-corrected chi connectivity index (χ0v) is 11.5. The molecule has 0 unspecified atom stereocenters. The van der Waals surface area contributed by atoms with Crippen LogP contribution in [0.4, 0.5) is 0 Å². The van der Waals surface area contributed by atoms with Gasteiger partial charge < -0.3 is 5.32 Å². The van der Waals surface area contributed by atoms with E-state index in [0.29, 0.717) is 0 Å². The molecule has 0 aromatic carbocycles. The summed E-state index contributed by atoms with van der Waals surface area (Å²) in [6.07, 6.45) is 1.38. The second-order valence-corrected chi connectivity index (χ2v) is 5.93. The third kappa shape index (κ3) is 4.25. The first-order valence-corrected chi connectivity index (χ1v) is 7.08.